The van der Waals surface area contributed by atoms with Crippen LogP contribution in [0.15, 0.2) is 29.6 Å². The molecule has 0 aliphatic heterocycles. The topological polar surface area (TPSA) is 97.0 Å². The SMILES string of the molecule is CCOC(=O)c1c(-c2ccc(F)cc2)csc1NC(=O)CN(C)CC(=O)NCCCOC. The van der Waals surface area contributed by atoms with Crippen LogP contribution in [0.1, 0.15) is 23.7 Å². The molecule has 2 aromatic rings. The van der Waals surface area contributed by atoms with Gasteiger partial charge < -0.3 is 20.1 Å². The molecule has 0 aliphatic carbocycles. The number of ether oxygens (including phenoxy) is 2. The lowest BCUT2D eigenvalue weighted by molar-refractivity contribution is -0.123. The molecule has 1 heterocycles. The van der Waals surface area contributed by atoms with Crippen LogP contribution in [0.4, 0.5) is 9.39 Å². The van der Waals surface area contributed by atoms with E-state index in [2.05, 4.69) is 10.6 Å². The fourth-order valence-corrected chi connectivity index (χ4v) is 3.88. The van der Waals surface area contributed by atoms with Crippen molar-refractivity contribution in [1.82, 2.24) is 10.2 Å². The molecule has 1 aromatic heterocycles. The predicted octanol–water partition coefficient (Wildman–Crippen LogP) is 2.75. The Hall–Kier alpha value is -2.82. The quantitative estimate of drug-likeness (QED) is 0.370. The second-order valence-corrected chi connectivity index (χ2v) is 7.88. The predicted molar refractivity (Wildman–Crippen MR) is 121 cm³/mol. The molecule has 8 nitrogen and oxygen atoms in total. The zero-order valence-corrected chi connectivity index (χ0v) is 19.2. The Labute approximate surface area is 190 Å². The van der Waals surface area contributed by atoms with Crippen molar-refractivity contribution < 1.29 is 28.2 Å². The molecular weight excluding hydrogens is 437 g/mol. The third-order valence-electron chi connectivity index (χ3n) is 4.35. The Morgan fingerprint density at radius 2 is 1.81 bits per heavy atom. The van der Waals surface area contributed by atoms with Gasteiger partial charge in [-0.15, -0.1) is 11.3 Å². The number of nitrogens with zero attached hydrogens (tertiary/aromatic N) is 1. The Morgan fingerprint density at radius 1 is 1.12 bits per heavy atom. The number of carbonyl (C=O) groups excluding carboxylic acids is 3. The number of hydrogen-bond acceptors (Lipinski definition) is 7. The molecule has 0 unspecified atom stereocenters. The fraction of sp³-hybridized carbons (Fsp3) is 0.409. The minimum Gasteiger partial charge on any atom is -0.462 e. The minimum absolute atomic E-state index is 0.0441. The number of benzene rings is 1. The molecule has 0 spiro atoms. The first-order valence-electron chi connectivity index (χ1n) is 10.1. The van der Waals surface area contributed by atoms with Crippen molar-refractivity contribution in [3.8, 4) is 11.1 Å². The first-order chi connectivity index (χ1) is 15.3. The molecule has 2 rings (SSSR count). The lowest BCUT2D eigenvalue weighted by Crippen LogP contribution is -2.39. The first kappa shape index (κ1) is 25.4. The summed E-state index contributed by atoms with van der Waals surface area (Å²) in [4.78, 5) is 38.6. The average Bonchev–Trinajstić information content (AvgIpc) is 3.15. The van der Waals surface area contributed by atoms with Gasteiger partial charge in [0, 0.05) is 31.2 Å². The first-order valence-corrected chi connectivity index (χ1v) is 11.0. The number of carbonyl (C=O) groups is 3. The van der Waals surface area contributed by atoms with Gasteiger partial charge in [0.15, 0.2) is 0 Å². The lowest BCUT2D eigenvalue weighted by atomic mass is 10.0. The molecule has 10 heteroatoms. The van der Waals surface area contributed by atoms with E-state index in [-0.39, 0.29) is 42.9 Å². The normalized spacial score (nSPS) is 10.8. The highest BCUT2D eigenvalue weighted by Crippen LogP contribution is 2.36. The van der Waals surface area contributed by atoms with Crippen molar-refractivity contribution in [2.45, 2.75) is 13.3 Å². The van der Waals surface area contributed by atoms with Crippen molar-refractivity contribution in [2.75, 3.05) is 52.3 Å². The van der Waals surface area contributed by atoms with Crippen molar-refractivity contribution in [2.24, 2.45) is 0 Å². The number of thiophene rings is 1. The van der Waals surface area contributed by atoms with E-state index in [1.807, 2.05) is 0 Å². The van der Waals surface area contributed by atoms with Gasteiger partial charge >= 0.3 is 5.97 Å². The van der Waals surface area contributed by atoms with Gasteiger partial charge in [0.1, 0.15) is 16.4 Å². The van der Waals surface area contributed by atoms with Gasteiger partial charge in [-0.1, -0.05) is 12.1 Å². The molecule has 0 saturated heterocycles. The molecule has 0 saturated carbocycles. The van der Waals surface area contributed by atoms with E-state index in [1.54, 1.807) is 43.5 Å². The van der Waals surface area contributed by atoms with Crippen molar-refractivity contribution in [3.05, 3.63) is 41.0 Å². The molecule has 174 valence electrons. The molecular formula is C22H28FN3O5S. The number of likely N-dealkylation sites (N-methyl/N-ethyl adjacent to an activating group) is 1. The number of halogens is 1. The number of methoxy groups -OCH3 is 1. The molecule has 32 heavy (non-hydrogen) atoms. The van der Waals surface area contributed by atoms with Gasteiger partial charge in [-0.3, -0.25) is 14.5 Å². The maximum Gasteiger partial charge on any atom is 0.341 e. The van der Waals surface area contributed by atoms with Gasteiger partial charge in [-0.2, -0.15) is 0 Å². The van der Waals surface area contributed by atoms with E-state index in [1.165, 1.54) is 23.5 Å². The highest BCUT2D eigenvalue weighted by Gasteiger charge is 2.23. The number of esters is 1. The molecule has 2 N–H and O–H groups in total. The van der Waals surface area contributed by atoms with Crippen molar-refractivity contribution >= 4 is 34.1 Å². The van der Waals surface area contributed by atoms with Gasteiger partial charge in [0.05, 0.1) is 19.7 Å². The van der Waals surface area contributed by atoms with Crippen LogP contribution in [0.25, 0.3) is 11.1 Å². The standard InChI is InChI=1S/C22H28FN3O5S/c1-4-31-22(29)20-17(15-6-8-16(23)9-7-15)14-32-21(20)25-19(28)13-26(2)12-18(27)24-10-5-11-30-3/h6-9,14H,4-5,10-13H2,1-3H3,(H,24,27)(H,25,28). The molecule has 0 atom stereocenters. The molecule has 1 aromatic carbocycles. The zero-order chi connectivity index (χ0) is 23.5. The second kappa shape index (κ2) is 12.9. The Kier molecular flexibility index (Phi) is 10.3. The number of amides is 2. The van der Waals surface area contributed by atoms with Gasteiger partial charge in [0.2, 0.25) is 11.8 Å². The van der Waals surface area contributed by atoms with E-state index in [0.29, 0.717) is 35.7 Å². The van der Waals surface area contributed by atoms with E-state index < -0.39 is 5.97 Å². The largest absolute Gasteiger partial charge is 0.462 e. The summed E-state index contributed by atoms with van der Waals surface area (Å²) in [6.07, 6.45) is 0.706. The molecule has 2 amide bonds. The van der Waals surface area contributed by atoms with Crippen LogP contribution in [0.5, 0.6) is 0 Å². The van der Waals surface area contributed by atoms with E-state index >= 15 is 0 Å². The third kappa shape index (κ3) is 7.70. The summed E-state index contributed by atoms with van der Waals surface area (Å²) in [7, 11) is 3.25. The highest BCUT2D eigenvalue weighted by molar-refractivity contribution is 7.15. The summed E-state index contributed by atoms with van der Waals surface area (Å²) < 4.78 is 23.4. The van der Waals surface area contributed by atoms with Crippen LogP contribution in [0.2, 0.25) is 0 Å². The van der Waals surface area contributed by atoms with Crippen LogP contribution in [-0.2, 0) is 19.1 Å². The van der Waals surface area contributed by atoms with Crippen molar-refractivity contribution in [3.63, 3.8) is 0 Å². The van der Waals surface area contributed by atoms with Crippen LogP contribution >= 0.6 is 11.3 Å². The minimum atomic E-state index is -0.577. The molecule has 0 bridgehead atoms. The van der Waals surface area contributed by atoms with E-state index in [0.717, 1.165) is 0 Å². The van der Waals surface area contributed by atoms with Gasteiger partial charge in [-0.25, -0.2) is 9.18 Å². The number of nitrogens with one attached hydrogen (secondary N) is 2. The summed E-state index contributed by atoms with van der Waals surface area (Å²) >= 11 is 1.18. The number of rotatable bonds is 12. The van der Waals surface area contributed by atoms with Crippen LogP contribution in [-0.4, -0.2) is 69.7 Å². The Morgan fingerprint density at radius 3 is 2.47 bits per heavy atom. The van der Waals surface area contributed by atoms with Crippen molar-refractivity contribution in [1.29, 1.82) is 0 Å². The fourth-order valence-electron chi connectivity index (χ4n) is 2.91. The monoisotopic (exact) mass is 465 g/mol. The number of anilines is 1. The van der Waals surface area contributed by atoms with E-state index in [9.17, 15) is 18.8 Å². The Bertz CT molecular complexity index is 917. The third-order valence-corrected chi connectivity index (χ3v) is 5.25. The van der Waals surface area contributed by atoms with Gasteiger partial charge in [0.25, 0.3) is 0 Å². The molecule has 0 radical (unpaired) electrons. The maximum atomic E-state index is 13.3. The smallest absolute Gasteiger partial charge is 0.341 e. The number of hydrogen-bond donors (Lipinski definition) is 2. The lowest BCUT2D eigenvalue weighted by Gasteiger charge is -2.16. The summed E-state index contributed by atoms with van der Waals surface area (Å²) in [5, 5.41) is 7.54. The molecule has 0 aliphatic rings. The van der Waals surface area contributed by atoms with E-state index in [4.69, 9.17) is 9.47 Å². The van der Waals surface area contributed by atoms with Crippen LogP contribution < -0.4 is 10.6 Å². The summed E-state index contributed by atoms with van der Waals surface area (Å²) in [5.41, 5.74) is 1.40. The highest BCUT2D eigenvalue weighted by atomic mass is 32.1. The average molecular weight is 466 g/mol. The van der Waals surface area contributed by atoms with Crippen LogP contribution in [0.3, 0.4) is 0 Å². The summed E-state index contributed by atoms with van der Waals surface area (Å²) in [6.45, 7) is 2.93. The molecule has 0 fully saturated rings. The van der Waals surface area contributed by atoms with Crippen LogP contribution in [0, 0.1) is 5.82 Å². The summed E-state index contributed by atoms with van der Waals surface area (Å²) in [5.74, 6) is -1.54. The summed E-state index contributed by atoms with van der Waals surface area (Å²) in [6, 6.07) is 5.72. The second-order valence-electron chi connectivity index (χ2n) is 7.00. The Balaban J connectivity index is 2.04. The zero-order valence-electron chi connectivity index (χ0n) is 18.4. The van der Waals surface area contributed by atoms with Gasteiger partial charge in [-0.05, 0) is 38.1 Å². The maximum absolute atomic E-state index is 13.3.